The number of hydrogen-bond donors (Lipinski definition) is 2. The summed E-state index contributed by atoms with van der Waals surface area (Å²) in [5, 5.41) is 5.77. The molecule has 0 bridgehead atoms. The third-order valence-corrected chi connectivity index (χ3v) is 2.77. The van der Waals surface area contributed by atoms with E-state index >= 15 is 0 Å². The standard InChI is InChI=1S/C9H18N2O/c1-3-9(4-5-9)7-11-6-8(12)10-2/h11H,3-7H2,1-2H3,(H,10,12). The first-order valence-corrected chi connectivity index (χ1v) is 4.64. The normalized spacial score (nSPS) is 18.8. The summed E-state index contributed by atoms with van der Waals surface area (Å²) < 4.78 is 0. The van der Waals surface area contributed by atoms with Crippen LogP contribution in [0, 0.1) is 5.41 Å². The maximum Gasteiger partial charge on any atom is 0.233 e. The Hall–Kier alpha value is -0.570. The third kappa shape index (κ3) is 2.48. The molecule has 0 heterocycles. The first-order valence-electron chi connectivity index (χ1n) is 4.64. The fourth-order valence-corrected chi connectivity index (χ4v) is 1.36. The lowest BCUT2D eigenvalue weighted by atomic mass is 10.0. The first-order chi connectivity index (χ1) is 5.72. The molecule has 2 N–H and O–H groups in total. The van der Waals surface area contributed by atoms with E-state index in [-0.39, 0.29) is 5.91 Å². The van der Waals surface area contributed by atoms with E-state index in [0.29, 0.717) is 12.0 Å². The van der Waals surface area contributed by atoms with Crippen LogP contribution in [0.25, 0.3) is 0 Å². The molecule has 0 spiro atoms. The van der Waals surface area contributed by atoms with Crippen LogP contribution in [0.2, 0.25) is 0 Å². The number of carbonyl (C=O) groups excluding carboxylic acids is 1. The summed E-state index contributed by atoms with van der Waals surface area (Å²) in [6, 6.07) is 0. The molecule has 0 radical (unpaired) electrons. The lowest BCUT2D eigenvalue weighted by Crippen LogP contribution is -2.34. The highest BCUT2D eigenvalue weighted by Gasteiger charge is 2.39. The van der Waals surface area contributed by atoms with Crippen molar-refractivity contribution in [2.75, 3.05) is 20.1 Å². The van der Waals surface area contributed by atoms with Crippen molar-refractivity contribution in [2.45, 2.75) is 26.2 Å². The van der Waals surface area contributed by atoms with Crippen molar-refractivity contribution < 1.29 is 4.79 Å². The Morgan fingerprint density at radius 2 is 2.17 bits per heavy atom. The zero-order valence-electron chi connectivity index (χ0n) is 7.94. The molecule has 3 nitrogen and oxygen atoms in total. The zero-order valence-corrected chi connectivity index (χ0v) is 7.94. The summed E-state index contributed by atoms with van der Waals surface area (Å²) in [5.41, 5.74) is 0.536. The molecule has 1 fully saturated rings. The van der Waals surface area contributed by atoms with Gasteiger partial charge in [-0.1, -0.05) is 6.92 Å². The molecule has 0 aromatic rings. The second-order valence-corrected chi connectivity index (χ2v) is 3.63. The molecule has 0 unspecified atom stereocenters. The molecule has 1 aliphatic carbocycles. The van der Waals surface area contributed by atoms with Crippen molar-refractivity contribution in [3.63, 3.8) is 0 Å². The number of likely N-dealkylation sites (N-methyl/N-ethyl adjacent to an activating group) is 1. The number of nitrogens with one attached hydrogen (secondary N) is 2. The maximum absolute atomic E-state index is 10.8. The van der Waals surface area contributed by atoms with E-state index in [2.05, 4.69) is 17.6 Å². The van der Waals surface area contributed by atoms with Gasteiger partial charge in [-0.25, -0.2) is 0 Å². The van der Waals surface area contributed by atoms with Gasteiger partial charge in [0.05, 0.1) is 6.54 Å². The van der Waals surface area contributed by atoms with Gasteiger partial charge in [-0.15, -0.1) is 0 Å². The molecule has 1 amide bonds. The van der Waals surface area contributed by atoms with Gasteiger partial charge >= 0.3 is 0 Å². The topological polar surface area (TPSA) is 41.1 Å². The van der Waals surface area contributed by atoms with Crippen LogP contribution in [0.5, 0.6) is 0 Å². The minimum Gasteiger partial charge on any atom is -0.358 e. The summed E-state index contributed by atoms with van der Waals surface area (Å²) in [4.78, 5) is 10.8. The van der Waals surface area contributed by atoms with Gasteiger partial charge in [-0.3, -0.25) is 4.79 Å². The number of carbonyl (C=O) groups is 1. The Bertz CT molecular complexity index is 164. The summed E-state index contributed by atoms with van der Waals surface area (Å²) >= 11 is 0. The van der Waals surface area contributed by atoms with E-state index in [1.54, 1.807) is 7.05 Å². The Balaban J connectivity index is 2.06. The molecule has 0 aromatic heterocycles. The van der Waals surface area contributed by atoms with E-state index in [1.165, 1.54) is 19.3 Å². The van der Waals surface area contributed by atoms with Crippen molar-refractivity contribution in [1.82, 2.24) is 10.6 Å². The number of rotatable bonds is 5. The fourth-order valence-electron chi connectivity index (χ4n) is 1.36. The van der Waals surface area contributed by atoms with Gasteiger partial charge in [-0.2, -0.15) is 0 Å². The fraction of sp³-hybridized carbons (Fsp3) is 0.889. The van der Waals surface area contributed by atoms with Gasteiger partial charge in [0.2, 0.25) is 5.91 Å². The van der Waals surface area contributed by atoms with Crippen LogP contribution in [0.3, 0.4) is 0 Å². The minimum absolute atomic E-state index is 0.0712. The van der Waals surface area contributed by atoms with Crippen molar-refractivity contribution in [2.24, 2.45) is 5.41 Å². The maximum atomic E-state index is 10.8. The highest BCUT2D eigenvalue weighted by atomic mass is 16.1. The molecule has 1 saturated carbocycles. The monoisotopic (exact) mass is 170 g/mol. The predicted octanol–water partition coefficient (Wildman–Crippen LogP) is 0.512. The molecular weight excluding hydrogens is 152 g/mol. The second kappa shape index (κ2) is 3.90. The molecule has 1 aliphatic rings. The van der Waals surface area contributed by atoms with E-state index in [4.69, 9.17) is 0 Å². The van der Waals surface area contributed by atoms with Crippen LogP contribution in [0.15, 0.2) is 0 Å². The molecule has 70 valence electrons. The van der Waals surface area contributed by atoms with Crippen LogP contribution < -0.4 is 10.6 Å². The predicted molar refractivity (Wildman–Crippen MR) is 48.9 cm³/mol. The van der Waals surface area contributed by atoms with Crippen LogP contribution in [0.1, 0.15) is 26.2 Å². The highest BCUT2D eigenvalue weighted by molar-refractivity contribution is 5.77. The van der Waals surface area contributed by atoms with Crippen molar-refractivity contribution in [3.05, 3.63) is 0 Å². The van der Waals surface area contributed by atoms with Gasteiger partial charge < -0.3 is 10.6 Å². The lowest BCUT2D eigenvalue weighted by Gasteiger charge is -2.12. The largest absolute Gasteiger partial charge is 0.358 e. The quantitative estimate of drug-likeness (QED) is 0.631. The Labute approximate surface area is 73.9 Å². The van der Waals surface area contributed by atoms with Crippen molar-refractivity contribution in [1.29, 1.82) is 0 Å². The van der Waals surface area contributed by atoms with E-state index in [0.717, 1.165) is 6.54 Å². The zero-order chi connectivity index (χ0) is 9.03. The van der Waals surface area contributed by atoms with E-state index in [9.17, 15) is 4.79 Å². The SMILES string of the molecule is CCC1(CNCC(=O)NC)CC1. The second-order valence-electron chi connectivity index (χ2n) is 3.63. The summed E-state index contributed by atoms with van der Waals surface area (Å²) in [5.74, 6) is 0.0712. The van der Waals surface area contributed by atoms with Crippen LogP contribution in [-0.4, -0.2) is 26.0 Å². The molecule has 0 aliphatic heterocycles. The van der Waals surface area contributed by atoms with E-state index in [1.807, 2.05) is 0 Å². The van der Waals surface area contributed by atoms with Crippen LogP contribution >= 0.6 is 0 Å². The van der Waals surface area contributed by atoms with Gasteiger partial charge in [-0.05, 0) is 24.7 Å². The summed E-state index contributed by atoms with van der Waals surface area (Å²) in [7, 11) is 1.66. The summed E-state index contributed by atoms with van der Waals surface area (Å²) in [6.45, 7) is 3.67. The van der Waals surface area contributed by atoms with Crippen molar-refractivity contribution in [3.8, 4) is 0 Å². The van der Waals surface area contributed by atoms with Gasteiger partial charge in [0.1, 0.15) is 0 Å². The van der Waals surface area contributed by atoms with Crippen LogP contribution in [0.4, 0.5) is 0 Å². The lowest BCUT2D eigenvalue weighted by molar-refractivity contribution is -0.119. The highest BCUT2D eigenvalue weighted by Crippen LogP contribution is 2.47. The van der Waals surface area contributed by atoms with Crippen molar-refractivity contribution >= 4 is 5.91 Å². The average molecular weight is 170 g/mol. The molecule has 0 saturated heterocycles. The molecule has 3 heteroatoms. The van der Waals surface area contributed by atoms with Gasteiger partial charge in [0, 0.05) is 13.6 Å². The summed E-state index contributed by atoms with van der Waals surface area (Å²) in [6.07, 6.45) is 3.88. The minimum atomic E-state index is 0.0712. The Morgan fingerprint density at radius 3 is 2.58 bits per heavy atom. The Morgan fingerprint density at radius 1 is 1.50 bits per heavy atom. The molecule has 12 heavy (non-hydrogen) atoms. The molecule has 0 aromatic carbocycles. The molecule has 0 atom stereocenters. The van der Waals surface area contributed by atoms with E-state index < -0.39 is 0 Å². The number of amides is 1. The Kier molecular flexibility index (Phi) is 3.09. The van der Waals surface area contributed by atoms with Gasteiger partial charge in [0.15, 0.2) is 0 Å². The molecule has 1 rings (SSSR count). The molecular formula is C9H18N2O. The average Bonchev–Trinajstić information content (AvgIpc) is 2.85. The van der Waals surface area contributed by atoms with Crippen LogP contribution in [-0.2, 0) is 4.79 Å². The number of hydrogen-bond acceptors (Lipinski definition) is 2. The van der Waals surface area contributed by atoms with Gasteiger partial charge in [0.25, 0.3) is 0 Å². The third-order valence-electron chi connectivity index (χ3n) is 2.77. The first kappa shape index (κ1) is 9.52. The smallest absolute Gasteiger partial charge is 0.233 e.